The molecule has 2 unspecified atom stereocenters. The average molecular weight is 121 g/mol. The molecule has 0 heterocycles. The van der Waals surface area contributed by atoms with Gasteiger partial charge in [0.1, 0.15) is 0 Å². The van der Waals surface area contributed by atoms with Gasteiger partial charge in [-0.15, -0.1) is 12.8 Å². The van der Waals surface area contributed by atoms with E-state index >= 15 is 0 Å². The Bertz CT molecular complexity index is 129. The summed E-state index contributed by atoms with van der Waals surface area (Å²) in [5, 5.41) is 3.01. The summed E-state index contributed by atoms with van der Waals surface area (Å²) < 4.78 is 0. The number of rotatable bonds is 2. The Hall–Kier alpha value is -0.920. The zero-order valence-corrected chi connectivity index (χ0v) is 5.81. The van der Waals surface area contributed by atoms with Crippen LogP contribution in [0, 0.1) is 24.7 Å². The molecular weight excluding hydrogens is 110 g/mol. The fourth-order valence-electron chi connectivity index (χ4n) is 0.471. The van der Waals surface area contributed by atoms with Crippen LogP contribution in [0.3, 0.4) is 0 Å². The van der Waals surface area contributed by atoms with Crippen molar-refractivity contribution in [3.8, 4) is 24.7 Å². The van der Waals surface area contributed by atoms with Crippen molar-refractivity contribution in [2.75, 3.05) is 0 Å². The third-order valence-electron chi connectivity index (χ3n) is 1.00. The van der Waals surface area contributed by atoms with Crippen LogP contribution < -0.4 is 5.32 Å². The molecule has 0 amide bonds. The summed E-state index contributed by atoms with van der Waals surface area (Å²) in [6, 6.07) is 0.132. The van der Waals surface area contributed by atoms with Crippen LogP contribution in [-0.2, 0) is 0 Å². The molecule has 1 heteroatoms. The van der Waals surface area contributed by atoms with E-state index in [-0.39, 0.29) is 12.1 Å². The summed E-state index contributed by atoms with van der Waals surface area (Å²) in [7, 11) is 0. The molecule has 48 valence electrons. The lowest BCUT2D eigenvalue weighted by molar-refractivity contribution is 0.610. The molecule has 0 radical (unpaired) electrons. The summed E-state index contributed by atoms with van der Waals surface area (Å²) in [5.41, 5.74) is 0. The van der Waals surface area contributed by atoms with Crippen LogP contribution in [0.15, 0.2) is 0 Å². The van der Waals surface area contributed by atoms with E-state index in [1.165, 1.54) is 0 Å². The van der Waals surface area contributed by atoms with E-state index in [1.807, 2.05) is 13.8 Å². The Labute approximate surface area is 56.8 Å². The smallest absolute Gasteiger partial charge is 0.0667 e. The van der Waals surface area contributed by atoms with Gasteiger partial charge in [-0.3, -0.25) is 5.32 Å². The molecule has 0 aliphatic heterocycles. The average Bonchev–Trinajstić information content (AvgIpc) is 1.87. The first-order valence-corrected chi connectivity index (χ1v) is 2.89. The molecule has 0 saturated heterocycles. The van der Waals surface area contributed by atoms with Gasteiger partial charge in [0.2, 0.25) is 0 Å². The van der Waals surface area contributed by atoms with E-state index < -0.39 is 0 Å². The quantitative estimate of drug-likeness (QED) is 0.528. The first kappa shape index (κ1) is 8.08. The molecular formula is C8H11N. The molecule has 0 aliphatic carbocycles. The van der Waals surface area contributed by atoms with Crippen LogP contribution >= 0.6 is 0 Å². The fourth-order valence-corrected chi connectivity index (χ4v) is 0.471. The van der Waals surface area contributed by atoms with E-state index in [1.54, 1.807) is 0 Å². The maximum atomic E-state index is 5.09. The molecule has 0 spiro atoms. The molecule has 0 aliphatic rings. The largest absolute Gasteiger partial charge is 0.291 e. The van der Waals surface area contributed by atoms with Gasteiger partial charge in [-0.2, -0.15) is 0 Å². The third-order valence-corrected chi connectivity index (χ3v) is 1.00. The van der Waals surface area contributed by atoms with Crippen molar-refractivity contribution in [3.05, 3.63) is 0 Å². The summed E-state index contributed by atoms with van der Waals surface area (Å²) in [6.07, 6.45) is 10.2. The zero-order chi connectivity index (χ0) is 7.28. The monoisotopic (exact) mass is 121 g/mol. The topological polar surface area (TPSA) is 12.0 Å². The van der Waals surface area contributed by atoms with Crippen molar-refractivity contribution >= 4 is 0 Å². The highest BCUT2D eigenvalue weighted by molar-refractivity contribution is 5.03. The molecule has 0 fully saturated rings. The summed E-state index contributed by atoms with van der Waals surface area (Å²) in [5.74, 6) is 5.05. The first-order chi connectivity index (χ1) is 4.20. The van der Waals surface area contributed by atoms with Crippen LogP contribution in [0.2, 0.25) is 0 Å². The molecule has 1 N–H and O–H groups in total. The third kappa shape index (κ3) is 3.64. The van der Waals surface area contributed by atoms with Gasteiger partial charge in [0.05, 0.1) is 12.1 Å². The fraction of sp³-hybridized carbons (Fsp3) is 0.500. The van der Waals surface area contributed by atoms with Crippen molar-refractivity contribution in [2.24, 2.45) is 0 Å². The van der Waals surface area contributed by atoms with Crippen molar-refractivity contribution in [3.63, 3.8) is 0 Å². The highest BCUT2D eigenvalue weighted by Crippen LogP contribution is 1.81. The minimum Gasteiger partial charge on any atom is -0.291 e. The van der Waals surface area contributed by atoms with E-state index in [0.717, 1.165) is 0 Å². The van der Waals surface area contributed by atoms with Crippen LogP contribution in [-0.4, -0.2) is 12.1 Å². The van der Waals surface area contributed by atoms with Gasteiger partial charge < -0.3 is 0 Å². The predicted octanol–water partition coefficient (Wildman–Crippen LogP) is 0.619. The standard InChI is InChI=1S/C8H11N/c1-5-7(3)9-8(4)6-2/h1-2,7-9H,3-4H3. The molecule has 0 aromatic rings. The second-order valence-electron chi connectivity index (χ2n) is 1.94. The second-order valence-corrected chi connectivity index (χ2v) is 1.94. The minimum atomic E-state index is 0.0658. The zero-order valence-electron chi connectivity index (χ0n) is 5.81. The van der Waals surface area contributed by atoms with Gasteiger partial charge in [-0.1, -0.05) is 11.8 Å². The maximum absolute atomic E-state index is 5.09. The number of nitrogens with one attached hydrogen (secondary N) is 1. The highest BCUT2D eigenvalue weighted by Gasteiger charge is 1.98. The molecule has 1 nitrogen and oxygen atoms in total. The Morgan fingerprint density at radius 1 is 1.11 bits per heavy atom. The van der Waals surface area contributed by atoms with Crippen molar-refractivity contribution in [1.82, 2.24) is 5.32 Å². The SMILES string of the molecule is C#CC(C)NC(C)C#C. The van der Waals surface area contributed by atoms with Crippen LogP contribution in [0.4, 0.5) is 0 Å². The van der Waals surface area contributed by atoms with Crippen molar-refractivity contribution < 1.29 is 0 Å². The van der Waals surface area contributed by atoms with Crippen LogP contribution in [0.1, 0.15) is 13.8 Å². The summed E-state index contributed by atoms with van der Waals surface area (Å²) in [4.78, 5) is 0. The van der Waals surface area contributed by atoms with Crippen molar-refractivity contribution in [2.45, 2.75) is 25.9 Å². The van der Waals surface area contributed by atoms with E-state index in [2.05, 4.69) is 17.2 Å². The number of hydrogen-bond acceptors (Lipinski definition) is 1. The van der Waals surface area contributed by atoms with Crippen molar-refractivity contribution in [1.29, 1.82) is 0 Å². The minimum absolute atomic E-state index is 0.0658. The Morgan fingerprint density at radius 3 is 1.67 bits per heavy atom. The van der Waals surface area contributed by atoms with Gasteiger partial charge in [-0.05, 0) is 13.8 Å². The molecule has 2 atom stereocenters. The lowest BCUT2D eigenvalue weighted by atomic mass is 10.3. The molecule has 0 aromatic heterocycles. The lowest BCUT2D eigenvalue weighted by Gasteiger charge is -2.08. The van der Waals surface area contributed by atoms with E-state index in [0.29, 0.717) is 0 Å². The van der Waals surface area contributed by atoms with E-state index in [9.17, 15) is 0 Å². The molecule has 9 heavy (non-hydrogen) atoms. The van der Waals surface area contributed by atoms with Gasteiger partial charge in [0.15, 0.2) is 0 Å². The van der Waals surface area contributed by atoms with Gasteiger partial charge in [0.25, 0.3) is 0 Å². The molecule has 0 aromatic carbocycles. The first-order valence-electron chi connectivity index (χ1n) is 2.89. The second kappa shape index (κ2) is 4.01. The number of terminal acetylenes is 2. The molecule has 0 saturated carbocycles. The normalized spacial score (nSPS) is 15.1. The van der Waals surface area contributed by atoms with Gasteiger partial charge in [0, 0.05) is 0 Å². The van der Waals surface area contributed by atoms with Crippen LogP contribution in [0.5, 0.6) is 0 Å². The Kier molecular flexibility index (Phi) is 3.60. The van der Waals surface area contributed by atoms with Gasteiger partial charge >= 0.3 is 0 Å². The van der Waals surface area contributed by atoms with Crippen LogP contribution in [0.25, 0.3) is 0 Å². The summed E-state index contributed by atoms with van der Waals surface area (Å²) >= 11 is 0. The lowest BCUT2D eigenvalue weighted by Crippen LogP contribution is -2.32. The Balaban J connectivity index is 3.53. The molecule has 0 rings (SSSR count). The Morgan fingerprint density at radius 2 is 1.44 bits per heavy atom. The predicted molar refractivity (Wildman–Crippen MR) is 39.7 cm³/mol. The molecule has 0 bridgehead atoms. The number of hydrogen-bond donors (Lipinski definition) is 1. The highest BCUT2D eigenvalue weighted by atomic mass is 14.9. The van der Waals surface area contributed by atoms with Gasteiger partial charge in [-0.25, -0.2) is 0 Å². The maximum Gasteiger partial charge on any atom is 0.0667 e. The van der Waals surface area contributed by atoms with E-state index in [4.69, 9.17) is 12.8 Å². The summed E-state index contributed by atoms with van der Waals surface area (Å²) in [6.45, 7) is 3.79.